The molecule has 3 fully saturated rings. The Balaban J connectivity index is 1.77. The van der Waals surface area contributed by atoms with Gasteiger partial charge >= 0.3 is 0 Å². The Morgan fingerprint density at radius 2 is 2.08 bits per heavy atom. The van der Waals surface area contributed by atoms with Crippen molar-refractivity contribution < 1.29 is 0 Å². The van der Waals surface area contributed by atoms with E-state index in [2.05, 4.69) is 25.7 Å². The van der Waals surface area contributed by atoms with Crippen molar-refractivity contribution in [1.82, 2.24) is 4.90 Å². The molecule has 0 amide bonds. The van der Waals surface area contributed by atoms with E-state index < -0.39 is 0 Å². The second kappa shape index (κ2) is 2.31. The fourth-order valence-electron chi connectivity index (χ4n) is 3.68. The normalized spacial score (nSPS) is 60.2. The Hall–Kier alpha value is -0.0400. The maximum Gasteiger partial charge on any atom is 0.0139 e. The minimum atomic E-state index is 0.761. The maximum atomic E-state index is 2.77. The summed E-state index contributed by atoms with van der Waals surface area (Å²) in [6.45, 7) is 8.75. The van der Waals surface area contributed by atoms with Crippen molar-refractivity contribution in [1.29, 1.82) is 0 Å². The molecule has 2 aliphatic heterocycles. The molecular formula is C12H21N. The van der Waals surface area contributed by atoms with E-state index in [1.807, 2.05) is 0 Å². The predicted molar refractivity (Wildman–Crippen MR) is 54.6 cm³/mol. The Bertz CT molecular complexity index is 237. The summed E-state index contributed by atoms with van der Waals surface area (Å²) in [4.78, 5) is 2.77. The Morgan fingerprint density at radius 3 is 2.85 bits per heavy atom. The minimum absolute atomic E-state index is 0.761. The van der Waals surface area contributed by atoms with Crippen molar-refractivity contribution in [2.24, 2.45) is 17.3 Å². The van der Waals surface area contributed by atoms with Crippen LogP contribution >= 0.6 is 0 Å². The Kier molecular flexibility index (Phi) is 1.47. The first kappa shape index (κ1) is 8.28. The van der Waals surface area contributed by atoms with Crippen LogP contribution in [-0.2, 0) is 0 Å². The zero-order valence-corrected chi connectivity index (χ0v) is 9.09. The van der Waals surface area contributed by atoms with Crippen molar-refractivity contribution in [2.75, 3.05) is 6.54 Å². The van der Waals surface area contributed by atoms with Gasteiger partial charge in [-0.05, 0) is 43.4 Å². The molecule has 1 aliphatic carbocycles. The number of hydrogen-bond acceptors (Lipinski definition) is 1. The molecule has 0 radical (unpaired) electrons. The highest BCUT2D eigenvalue weighted by Crippen LogP contribution is 2.59. The fourth-order valence-corrected chi connectivity index (χ4v) is 3.68. The first-order valence-electron chi connectivity index (χ1n) is 5.87. The molecule has 1 nitrogen and oxygen atoms in total. The van der Waals surface area contributed by atoms with Crippen LogP contribution in [0.1, 0.15) is 40.0 Å². The van der Waals surface area contributed by atoms with Gasteiger partial charge in [0, 0.05) is 18.6 Å². The van der Waals surface area contributed by atoms with Gasteiger partial charge in [0.1, 0.15) is 0 Å². The highest BCUT2D eigenvalue weighted by Gasteiger charge is 2.56. The molecule has 3 rings (SSSR count). The van der Waals surface area contributed by atoms with Crippen molar-refractivity contribution >= 4 is 0 Å². The van der Waals surface area contributed by atoms with Crippen LogP contribution in [0.15, 0.2) is 0 Å². The van der Waals surface area contributed by atoms with Gasteiger partial charge in [0.05, 0.1) is 0 Å². The van der Waals surface area contributed by atoms with Crippen LogP contribution < -0.4 is 0 Å². The molecule has 0 aromatic carbocycles. The van der Waals surface area contributed by atoms with Crippen molar-refractivity contribution in [3.63, 3.8) is 0 Å². The molecule has 5 atom stereocenters. The average Bonchev–Trinajstić information content (AvgIpc) is 2.75. The molecule has 2 heterocycles. The molecule has 0 N–H and O–H groups in total. The lowest BCUT2D eigenvalue weighted by Crippen LogP contribution is -2.61. The molecule has 1 heteroatoms. The van der Waals surface area contributed by atoms with E-state index in [0.717, 1.165) is 29.3 Å². The molecule has 0 aromatic rings. The molecule has 13 heavy (non-hydrogen) atoms. The largest absolute Gasteiger partial charge is 0.297 e. The second-order valence-electron chi connectivity index (χ2n) is 5.96. The third-order valence-corrected chi connectivity index (χ3v) is 5.30. The maximum absolute atomic E-state index is 2.77. The molecular weight excluding hydrogens is 158 g/mol. The van der Waals surface area contributed by atoms with E-state index in [1.165, 1.54) is 25.8 Å². The van der Waals surface area contributed by atoms with Gasteiger partial charge in [-0.2, -0.15) is 0 Å². The van der Waals surface area contributed by atoms with Crippen molar-refractivity contribution in [3.8, 4) is 0 Å². The van der Waals surface area contributed by atoms with Crippen molar-refractivity contribution in [2.45, 2.75) is 52.1 Å². The molecule has 0 aromatic heterocycles. The zero-order chi connectivity index (χ0) is 9.22. The summed E-state index contributed by atoms with van der Waals surface area (Å²) in [7, 11) is 0. The van der Waals surface area contributed by atoms with E-state index in [-0.39, 0.29) is 0 Å². The fraction of sp³-hybridized carbons (Fsp3) is 1.00. The zero-order valence-electron chi connectivity index (χ0n) is 9.09. The Labute approximate surface area is 81.5 Å². The highest BCUT2D eigenvalue weighted by molar-refractivity contribution is 5.08. The summed E-state index contributed by atoms with van der Waals surface area (Å²) >= 11 is 0. The van der Waals surface area contributed by atoms with Gasteiger partial charge in [-0.15, -0.1) is 0 Å². The standard InChI is InChI=1S/C12H21N/c1-8-9(2)13-7-10-6-12(10,3)5-4-11(8)13/h8-11H,4-7H2,1-3H3/t8?,9?,10-,11?,12-/m0/s1. The van der Waals surface area contributed by atoms with Crippen LogP contribution in [0.3, 0.4) is 0 Å². The van der Waals surface area contributed by atoms with E-state index in [4.69, 9.17) is 0 Å². The van der Waals surface area contributed by atoms with Gasteiger partial charge in [-0.1, -0.05) is 13.8 Å². The second-order valence-corrected chi connectivity index (χ2v) is 5.96. The van der Waals surface area contributed by atoms with E-state index in [0.29, 0.717) is 0 Å². The van der Waals surface area contributed by atoms with Gasteiger partial charge in [-0.3, -0.25) is 4.90 Å². The molecule has 74 valence electrons. The van der Waals surface area contributed by atoms with Gasteiger partial charge in [0.2, 0.25) is 0 Å². The highest BCUT2D eigenvalue weighted by atomic mass is 15.3. The number of rotatable bonds is 0. The third kappa shape index (κ3) is 0.971. The summed E-state index contributed by atoms with van der Waals surface area (Å²) in [5.41, 5.74) is 0.761. The lowest BCUT2D eigenvalue weighted by atomic mass is 9.79. The van der Waals surface area contributed by atoms with E-state index in [9.17, 15) is 0 Å². The van der Waals surface area contributed by atoms with E-state index in [1.54, 1.807) is 0 Å². The number of hydrogen-bond donors (Lipinski definition) is 0. The van der Waals surface area contributed by atoms with Gasteiger partial charge in [0.15, 0.2) is 0 Å². The predicted octanol–water partition coefficient (Wildman–Crippen LogP) is 2.52. The first-order chi connectivity index (χ1) is 6.12. The monoisotopic (exact) mass is 179 g/mol. The minimum Gasteiger partial charge on any atom is -0.297 e. The SMILES string of the molecule is CC1C(C)N2C[C@@H]3C[C@]3(C)CCC12. The molecule has 2 saturated heterocycles. The Morgan fingerprint density at radius 1 is 1.31 bits per heavy atom. The third-order valence-electron chi connectivity index (χ3n) is 5.30. The van der Waals surface area contributed by atoms with Crippen LogP contribution in [0, 0.1) is 17.3 Å². The van der Waals surface area contributed by atoms with Crippen LogP contribution in [0.25, 0.3) is 0 Å². The summed E-state index contributed by atoms with van der Waals surface area (Å²) in [5.74, 6) is 2.01. The van der Waals surface area contributed by atoms with Crippen LogP contribution in [0.2, 0.25) is 0 Å². The summed E-state index contributed by atoms with van der Waals surface area (Å²) < 4.78 is 0. The average molecular weight is 179 g/mol. The van der Waals surface area contributed by atoms with E-state index >= 15 is 0 Å². The molecule has 0 spiro atoms. The molecule has 3 aliphatic rings. The lowest BCUT2D eigenvalue weighted by molar-refractivity contribution is -0.0396. The molecule has 0 bridgehead atoms. The van der Waals surface area contributed by atoms with Crippen LogP contribution in [-0.4, -0.2) is 23.5 Å². The molecule has 3 unspecified atom stereocenters. The lowest BCUT2D eigenvalue weighted by Gasteiger charge is -2.53. The number of fused-ring (bicyclic) bond motifs is 2. The van der Waals surface area contributed by atoms with Gasteiger partial charge < -0.3 is 0 Å². The van der Waals surface area contributed by atoms with Crippen molar-refractivity contribution in [3.05, 3.63) is 0 Å². The van der Waals surface area contributed by atoms with Crippen LogP contribution in [0.4, 0.5) is 0 Å². The smallest absolute Gasteiger partial charge is 0.0139 e. The first-order valence-corrected chi connectivity index (χ1v) is 5.87. The van der Waals surface area contributed by atoms with Gasteiger partial charge in [0.25, 0.3) is 0 Å². The molecule has 1 saturated carbocycles. The quantitative estimate of drug-likeness (QED) is 0.552. The summed E-state index contributed by atoms with van der Waals surface area (Å²) in [6, 6.07) is 1.81. The summed E-state index contributed by atoms with van der Waals surface area (Å²) in [5, 5.41) is 0. The summed E-state index contributed by atoms with van der Waals surface area (Å²) in [6.07, 6.45) is 4.48. The van der Waals surface area contributed by atoms with Crippen LogP contribution in [0.5, 0.6) is 0 Å². The number of nitrogens with zero attached hydrogens (tertiary/aromatic N) is 1. The topological polar surface area (TPSA) is 3.24 Å². The van der Waals surface area contributed by atoms with Gasteiger partial charge in [-0.25, -0.2) is 0 Å².